The molecule has 24 heavy (non-hydrogen) atoms. The number of non-ortho nitro benzene ring substituents is 1. The van der Waals surface area contributed by atoms with E-state index in [1.807, 2.05) is 30.3 Å². The van der Waals surface area contributed by atoms with E-state index in [1.54, 1.807) is 17.9 Å². The van der Waals surface area contributed by atoms with Crippen molar-refractivity contribution < 1.29 is 9.72 Å². The molecular weight excluding hydrogens is 306 g/mol. The highest BCUT2D eigenvalue weighted by Gasteiger charge is 2.18. The first-order chi connectivity index (χ1) is 11.5. The van der Waals surface area contributed by atoms with Crippen molar-refractivity contribution in [3.8, 4) is 0 Å². The average Bonchev–Trinajstić information content (AvgIpc) is 2.58. The Morgan fingerprint density at radius 3 is 2.50 bits per heavy atom. The summed E-state index contributed by atoms with van der Waals surface area (Å²) < 4.78 is 0. The molecule has 0 atom stereocenters. The van der Waals surface area contributed by atoms with Crippen molar-refractivity contribution >= 4 is 11.6 Å². The van der Waals surface area contributed by atoms with E-state index in [0.717, 1.165) is 5.56 Å². The molecule has 0 aromatic heterocycles. The Hall–Kier alpha value is -2.73. The fraction of sp³-hybridized carbons (Fsp3) is 0.278. The van der Waals surface area contributed by atoms with Crippen LogP contribution in [0.1, 0.15) is 21.5 Å². The maximum atomic E-state index is 12.7. The molecule has 6 nitrogen and oxygen atoms in total. The number of carbonyl (C=O) groups is 1. The predicted molar refractivity (Wildman–Crippen MR) is 92.9 cm³/mol. The summed E-state index contributed by atoms with van der Waals surface area (Å²) in [4.78, 5) is 24.9. The smallest absolute Gasteiger partial charge is 0.270 e. The Morgan fingerprint density at radius 2 is 1.88 bits per heavy atom. The van der Waals surface area contributed by atoms with Gasteiger partial charge in [-0.15, -0.1) is 0 Å². The van der Waals surface area contributed by atoms with Crippen LogP contribution in [-0.2, 0) is 6.42 Å². The van der Waals surface area contributed by atoms with Crippen LogP contribution >= 0.6 is 0 Å². The van der Waals surface area contributed by atoms with Crippen molar-refractivity contribution in [2.75, 3.05) is 19.6 Å². The van der Waals surface area contributed by atoms with Crippen molar-refractivity contribution in [3.63, 3.8) is 0 Å². The van der Waals surface area contributed by atoms with Gasteiger partial charge in [0.05, 0.1) is 4.92 Å². The molecule has 126 valence electrons. The minimum absolute atomic E-state index is 0.0749. The van der Waals surface area contributed by atoms with Crippen molar-refractivity contribution in [2.45, 2.75) is 13.3 Å². The average molecular weight is 327 g/mol. The zero-order valence-electron chi connectivity index (χ0n) is 13.6. The molecule has 2 N–H and O–H groups in total. The van der Waals surface area contributed by atoms with Gasteiger partial charge >= 0.3 is 0 Å². The number of hydrogen-bond acceptors (Lipinski definition) is 4. The summed E-state index contributed by atoms with van der Waals surface area (Å²) in [5.41, 5.74) is 7.68. The summed E-state index contributed by atoms with van der Waals surface area (Å²) >= 11 is 0. The minimum Gasteiger partial charge on any atom is -0.337 e. The van der Waals surface area contributed by atoms with Gasteiger partial charge in [-0.1, -0.05) is 30.3 Å². The third kappa shape index (κ3) is 4.63. The van der Waals surface area contributed by atoms with E-state index in [9.17, 15) is 14.9 Å². The van der Waals surface area contributed by atoms with E-state index >= 15 is 0 Å². The van der Waals surface area contributed by atoms with Gasteiger partial charge in [0, 0.05) is 37.3 Å². The zero-order valence-corrected chi connectivity index (χ0v) is 13.6. The van der Waals surface area contributed by atoms with Gasteiger partial charge in [0.25, 0.3) is 11.6 Å². The predicted octanol–water partition coefficient (Wildman–Crippen LogP) is 2.55. The van der Waals surface area contributed by atoms with Crippen LogP contribution in [0.2, 0.25) is 0 Å². The van der Waals surface area contributed by atoms with Gasteiger partial charge in [-0.2, -0.15) is 0 Å². The van der Waals surface area contributed by atoms with Crippen LogP contribution in [0.5, 0.6) is 0 Å². The highest BCUT2D eigenvalue weighted by atomic mass is 16.6. The fourth-order valence-corrected chi connectivity index (χ4v) is 2.55. The number of benzene rings is 2. The summed E-state index contributed by atoms with van der Waals surface area (Å²) in [6, 6.07) is 14.3. The summed E-state index contributed by atoms with van der Waals surface area (Å²) in [6.07, 6.45) is 0.709. The summed E-state index contributed by atoms with van der Waals surface area (Å²) in [5, 5.41) is 11.0. The third-order valence-electron chi connectivity index (χ3n) is 3.72. The molecule has 0 aliphatic carbocycles. The molecule has 0 saturated carbocycles. The van der Waals surface area contributed by atoms with Crippen LogP contribution in [-0.4, -0.2) is 35.4 Å². The van der Waals surface area contributed by atoms with Crippen molar-refractivity contribution in [2.24, 2.45) is 5.73 Å². The summed E-state index contributed by atoms with van der Waals surface area (Å²) in [7, 11) is 0. The van der Waals surface area contributed by atoms with Gasteiger partial charge in [-0.25, -0.2) is 0 Å². The Balaban J connectivity index is 2.17. The van der Waals surface area contributed by atoms with Gasteiger partial charge in [0.2, 0.25) is 0 Å². The maximum Gasteiger partial charge on any atom is 0.270 e. The molecule has 0 bridgehead atoms. The number of aryl methyl sites for hydroxylation is 1. The second-order valence-corrected chi connectivity index (χ2v) is 5.63. The molecule has 0 spiro atoms. The van der Waals surface area contributed by atoms with Crippen molar-refractivity contribution in [1.82, 2.24) is 4.90 Å². The molecule has 0 aliphatic heterocycles. The van der Waals surface area contributed by atoms with Crippen LogP contribution in [0.4, 0.5) is 5.69 Å². The molecule has 6 heteroatoms. The molecule has 2 aromatic rings. The number of nitrogens with zero attached hydrogens (tertiary/aromatic N) is 2. The number of carbonyl (C=O) groups excluding carboxylic acids is 1. The normalized spacial score (nSPS) is 10.4. The molecule has 0 radical (unpaired) electrons. The zero-order chi connectivity index (χ0) is 17.5. The number of nitrogens with two attached hydrogens (primary N) is 1. The Bertz CT molecular complexity index is 717. The van der Waals surface area contributed by atoms with Crippen molar-refractivity contribution in [3.05, 3.63) is 75.3 Å². The van der Waals surface area contributed by atoms with E-state index in [0.29, 0.717) is 37.2 Å². The standard InChI is InChI=1S/C18H21N3O3/c1-14-11-16(13-17(12-14)21(23)24)18(22)20(10-8-19)9-7-15-5-3-2-4-6-15/h2-6,11-13H,7-10,19H2,1H3. The molecule has 0 unspecified atom stereocenters. The molecule has 2 aromatic carbocycles. The first kappa shape index (κ1) is 17.6. The van der Waals surface area contributed by atoms with Gasteiger partial charge in [-0.05, 0) is 30.5 Å². The van der Waals surface area contributed by atoms with Crippen LogP contribution in [0.25, 0.3) is 0 Å². The lowest BCUT2D eigenvalue weighted by molar-refractivity contribution is -0.384. The van der Waals surface area contributed by atoms with E-state index < -0.39 is 4.92 Å². The number of rotatable bonds is 7. The minimum atomic E-state index is -0.485. The first-order valence-electron chi connectivity index (χ1n) is 7.80. The lowest BCUT2D eigenvalue weighted by Crippen LogP contribution is -2.37. The topological polar surface area (TPSA) is 89.5 Å². The van der Waals surface area contributed by atoms with Crippen LogP contribution < -0.4 is 5.73 Å². The van der Waals surface area contributed by atoms with E-state index in [1.165, 1.54) is 12.1 Å². The van der Waals surface area contributed by atoms with E-state index in [-0.39, 0.29) is 11.6 Å². The highest BCUT2D eigenvalue weighted by molar-refractivity contribution is 5.95. The van der Waals surface area contributed by atoms with Crippen LogP contribution in [0, 0.1) is 17.0 Å². The number of hydrogen-bond donors (Lipinski definition) is 1. The molecule has 2 rings (SSSR count). The lowest BCUT2D eigenvalue weighted by Gasteiger charge is -2.22. The monoisotopic (exact) mass is 327 g/mol. The highest BCUT2D eigenvalue weighted by Crippen LogP contribution is 2.18. The molecule has 0 saturated heterocycles. The second-order valence-electron chi connectivity index (χ2n) is 5.63. The van der Waals surface area contributed by atoms with Gasteiger partial charge in [-0.3, -0.25) is 14.9 Å². The van der Waals surface area contributed by atoms with E-state index in [2.05, 4.69) is 0 Å². The maximum absolute atomic E-state index is 12.7. The molecule has 0 fully saturated rings. The molecule has 0 heterocycles. The fourth-order valence-electron chi connectivity index (χ4n) is 2.55. The SMILES string of the molecule is Cc1cc(C(=O)N(CCN)CCc2ccccc2)cc([N+](=O)[O-])c1. The lowest BCUT2D eigenvalue weighted by atomic mass is 10.1. The number of nitro groups is 1. The molecule has 1 amide bonds. The summed E-state index contributed by atoms with van der Waals surface area (Å²) in [5.74, 6) is -0.233. The van der Waals surface area contributed by atoms with Crippen LogP contribution in [0.15, 0.2) is 48.5 Å². The molecule has 0 aliphatic rings. The van der Waals surface area contributed by atoms with Crippen molar-refractivity contribution in [1.29, 1.82) is 0 Å². The number of amides is 1. The first-order valence-corrected chi connectivity index (χ1v) is 7.80. The van der Waals surface area contributed by atoms with Gasteiger partial charge < -0.3 is 10.6 Å². The molecular formula is C18H21N3O3. The second kappa shape index (κ2) is 8.21. The van der Waals surface area contributed by atoms with Gasteiger partial charge in [0.15, 0.2) is 0 Å². The Labute approximate surface area is 141 Å². The number of nitro benzene ring substituents is 1. The van der Waals surface area contributed by atoms with Crippen LogP contribution in [0.3, 0.4) is 0 Å². The van der Waals surface area contributed by atoms with Gasteiger partial charge in [0.1, 0.15) is 0 Å². The quantitative estimate of drug-likeness (QED) is 0.625. The Kier molecular flexibility index (Phi) is 6.03. The Morgan fingerprint density at radius 1 is 1.17 bits per heavy atom. The third-order valence-corrected chi connectivity index (χ3v) is 3.72. The summed E-state index contributed by atoms with van der Waals surface area (Å²) in [6.45, 7) is 3.00. The van der Waals surface area contributed by atoms with E-state index in [4.69, 9.17) is 5.73 Å². The largest absolute Gasteiger partial charge is 0.337 e.